The molecule has 130 valence electrons. The third-order valence-corrected chi connectivity index (χ3v) is 4.31. The number of benzene rings is 1. The number of anilines is 1. The van der Waals surface area contributed by atoms with Crippen molar-refractivity contribution in [3.8, 4) is 0 Å². The van der Waals surface area contributed by atoms with Gasteiger partial charge >= 0.3 is 11.8 Å². The summed E-state index contributed by atoms with van der Waals surface area (Å²) < 4.78 is 0. The summed E-state index contributed by atoms with van der Waals surface area (Å²) in [6.45, 7) is 3.75. The van der Waals surface area contributed by atoms with Crippen LogP contribution in [0.4, 0.5) is 5.69 Å². The van der Waals surface area contributed by atoms with Gasteiger partial charge < -0.3 is 16.0 Å². The van der Waals surface area contributed by atoms with Crippen molar-refractivity contribution in [3.05, 3.63) is 29.8 Å². The highest BCUT2D eigenvalue weighted by Gasteiger charge is 2.21. The van der Waals surface area contributed by atoms with Gasteiger partial charge in [-0.05, 0) is 38.3 Å². The number of hydrogen-bond acceptors (Lipinski definition) is 3. The van der Waals surface area contributed by atoms with E-state index in [1.54, 1.807) is 24.3 Å². The smallest absolute Gasteiger partial charge is 0.313 e. The lowest BCUT2D eigenvalue weighted by molar-refractivity contribution is -0.136. The van der Waals surface area contributed by atoms with Crippen molar-refractivity contribution in [2.75, 3.05) is 5.32 Å². The van der Waals surface area contributed by atoms with Crippen LogP contribution in [-0.2, 0) is 9.59 Å². The first-order valence-corrected chi connectivity index (χ1v) is 8.53. The van der Waals surface area contributed by atoms with Crippen molar-refractivity contribution in [2.24, 2.45) is 0 Å². The van der Waals surface area contributed by atoms with E-state index >= 15 is 0 Å². The highest BCUT2D eigenvalue weighted by molar-refractivity contribution is 6.40. The van der Waals surface area contributed by atoms with Crippen LogP contribution in [0.3, 0.4) is 0 Å². The maximum Gasteiger partial charge on any atom is 0.313 e. The van der Waals surface area contributed by atoms with Crippen molar-refractivity contribution >= 4 is 23.4 Å². The highest BCUT2D eigenvalue weighted by atomic mass is 16.2. The average molecular weight is 331 g/mol. The Morgan fingerprint density at radius 3 is 2.46 bits per heavy atom. The molecule has 0 saturated heterocycles. The molecule has 1 atom stereocenters. The van der Waals surface area contributed by atoms with Gasteiger partial charge in [0.1, 0.15) is 0 Å². The molecule has 1 saturated carbocycles. The SMILES string of the molecule is CC[C@H](C)NC(=O)C(=O)Nc1ccccc1C(=O)NC1CCCC1. The number of hydrogen-bond donors (Lipinski definition) is 3. The zero-order valence-electron chi connectivity index (χ0n) is 14.2. The standard InChI is InChI=1S/C18H25N3O3/c1-3-12(2)19-17(23)18(24)21-15-11-7-6-10-14(15)16(22)20-13-8-4-5-9-13/h6-7,10-13H,3-5,8-9H2,1-2H3,(H,19,23)(H,20,22)(H,21,24)/t12-/m0/s1. The summed E-state index contributed by atoms with van der Waals surface area (Å²) in [6.07, 6.45) is 4.95. The number of rotatable bonds is 5. The van der Waals surface area contributed by atoms with Crippen LogP contribution in [0.1, 0.15) is 56.3 Å². The normalized spacial score (nSPS) is 15.6. The maximum atomic E-state index is 12.4. The van der Waals surface area contributed by atoms with Crippen LogP contribution < -0.4 is 16.0 Å². The molecule has 0 aliphatic heterocycles. The van der Waals surface area contributed by atoms with Gasteiger partial charge in [0, 0.05) is 12.1 Å². The second kappa shape index (κ2) is 8.47. The zero-order chi connectivity index (χ0) is 17.5. The summed E-state index contributed by atoms with van der Waals surface area (Å²) in [4.78, 5) is 36.3. The molecule has 3 amide bonds. The molecular weight excluding hydrogens is 306 g/mol. The molecule has 6 heteroatoms. The van der Waals surface area contributed by atoms with Crippen LogP contribution in [0.25, 0.3) is 0 Å². The van der Waals surface area contributed by atoms with E-state index in [2.05, 4.69) is 16.0 Å². The van der Waals surface area contributed by atoms with Gasteiger partial charge in [0.25, 0.3) is 5.91 Å². The second-order valence-electron chi connectivity index (χ2n) is 6.24. The summed E-state index contributed by atoms with van der Waals surface area (Å²) in [5, 5.41) is 8.13. The Morgan fingerprint density at radius 2 is 1.79 bits per heavy atom. The number of para-hydroxylation sites is 1. The largest absolute Gasteiger partial charge is 0.349 e. The van der Waals surface area contributed by atoms with E-state index in [1.165, 1.54) is 0 Å². The topological polar surface area (TPSA) is 87.3 Å². The summed E-state index contributed by atoms with van der Waals surface area (Å²) in [7, 11) is 0. The Morgan fingerprint density at radius 1 is 1.12 bits per heavy atom. The predicted molar refractivity (Wildman–Crippen MR) is 92.7 cm³/mol. The fourth-order valence-electron chi connectivity index (χ4n) is 2.69. The predicted octanol–water partition coefficient (Wildman–Crippen LogP) is 2.21. The second-order valence-corrected chi connectivity index (χ2v) is 6.24. The lowest BCUT2D eigenvalue weighted by Gasteiger charge is -2.15. The van der Waals surface area contributed by atoms with Crippen molar-refractivity contribution in [2.45, 2.75) is 58.0 Å². The lowest BCUT2D eigenvalue weighted by Crippen LogP contribution is -2.40. The molecule has 1 aliphatic rings. The van der Waals surface area contributed by atoms with Crippen LogP contribution in [0, 0.1) is 0 Å². The Balaban J connectivity index is 2.03. The van der Waals surface area contributed by atoms with Gasteiger partial charge in [-0.25, -0.2) is 0 Å². The monoisotopic (exact) mass is 331 g/mol. The minimum absolute atomic E-state index is 0.0795. The van der Waals surface area contributed by atoms with Crippen LogP contribution >= 0.6 is 0 Å². The van der Waals surface area contributed by atoms with E-state index in [9.17, 15) is 14.4 Å². The molecule has 24 heavy (non-hydrogen) atoms. The first kappa shape index (κ1) is 18.0. The molecule has 0 heterocycles. The van der Waals surface area contributed by atoms with E-state index in [1.807, 2.05) is 13.8 Å². The van der Waals surface area contributed by atoms with E-state index in [0.29, 0.717) is 11.3 Å². The first-order chi connectivity index (χ1) is 11.5. The van der Waals surface area contributed by atoms with Gasteiger partial charge in [-0.3, -0.25) is 14.4 Å². The first-order valence-electron chi connectivity index (χ1n) is 8.53. The summed E-state index contributed by atoms with van der Waals surface area (Å²) in [5.74, 6) is -1.69. The molecule has 1 fully saturated rings. The van der Waals surface area contributed by atoms with Crippen LogP contribution in [0.5, 0.6) is 0 Å². The van der Waals surface area contributed by atoms with Gasteiger partial charge in [0.2, 0.25) is 0 Å². The molecule has 3 N–H and O–H groups in total. The van der Waals surface area contributed by atoms with E-state index in [4.69, 9.17) is 0 Å². The van der Waals surface area contributed by atoms with Crippen LogP contribution in [0.2, 0.25) is 0 Å². The summed E-state index contributed by atoms with van der Waals surface area (Å²) >= 11 is 0. The molecule has 0 aromatic heterocycles. The molecule has 0 bridgehead atoms. The molecule has 0 radical (unpaired) electrons. The fourth-order valence-corrected chi connectivity index (χ4v) is 2.69. The van der Waals surface area contributed by atoms with Crippen molar-refractivity contribution in [3.63, 3.8) is 0 Å². The maximum absolute atomic E-state index is 12.4. The Hall–Kier alpha value is -2.37. The number of amides is 3. The van der Waals surface area contributed by atoms with Crippen molar-refractivity contribution in [1.29, 1.82) is 0 Å². The Kier molecular flexibility index (Phi) is 6.35. The van der Waals surface area contributed by atoms with Gasteiger partial charge in [-0.15, -0.1) is 0 Å². The minimum Gasteiger partial charge on any atom is -0.349 e. The molecule has 1 aromatic rings. The van der Waals surface area contributed by atoms with Gasteiger partial charge in [0.05, 0.1) is 11.3 Å². The molecule has 0 spiro atoms. The third-order valence-electron chi connectivity index (χ3n) is 4.31. The van der Waals surface area contributed by atoms with Crippen LogP contribution in [-0.4, -0.2) is 29.8 Å². The molecule has 1 aliphatic carbocycles. The minimum atomic E-state index is -0.767. The summed E-state index contributed by atoms with van der Waals surface area (Å²) in [6, 6.07) is 6.83. The van der Waals surface area contributed by atoms with Gasteiger partial charge in [-0.1, -0.05) is 31.9 Å². The van der Waals surface area contributed by atoms with E-state index in [0.717, 1.165) is 32.1 Å². The fraction of sp³-hybridized carbons (Fsp3) is 0.500. The number of carbonyl (C=O) groups is 3. The van der Waals surface area contributed by atoms with E-state index in [-0.39, 0.29) is 18.0 Å². The number of carbonyl (C=O) groups excluding carboxylic acids is 3. The van der Waals surface area contributed by atoms with Crippen molar-refractivity contribution < 1.29 is 14.4 Å². The van der Waals surface area contributed by atoms with E-state index < -0.39 is 11.8 Å². The lowest BCUT2D eigenvalue weighted by atomic mass is 10.1. The third kappa shape index (κ3) is 4.81. The van der Waals surface area contributed by atoms with Crippen LogP contribution in [0.15, 0.2) is 24.3 Å². The Labute approximate surface area is 142 Å². The zero-order valence-corrected chi connectivity index (χ0v) is 14.2. The number of nitrogens with one attached hydrogen (secondary N) is 3. The molecule has 6 nitrogen and oxygen atoms in total. The summed E-state index contributed by atoms with van der Waals surface area (Å²) in [5.41, 5.74) is 0.714. The quantitative estimate of drug-likeness (QED) is 0.723. The molecule has 0 unspecified atom stereocenters. The molecular formula is C18H25N3O3. The Bertz CT molecular complexity index is 609. The molecule has 1 aromatic carbocycles. The molecule has 2 rings (SSSR count). The average Bonchev–Trinajstić information content (AvgIpc) is 3.07. The highest BCUT2D eigenvalue weighted by Crippen LogP contribution is 2.20. The van der Waals surface area contributed by atoms with Gasteiger partial charge in [0.15, 0.2) is 0 Å². The van der Waals surface area contributed by atoms with Crippen molar-refractivity contribution in [1.82, 2.24) is 10.6 Å². The van der Waals surface area contributed by atoms with Gasteiger partial charge in [-0.2, -0.15) is 0 Å².